The van der Waals surface area contributed by atoms with Crippen LogP contribution in [-0.4, -0.2) is 78.2 Å². The number of thioether (sulfide) groups is 1. The standard InChI is InChI=1S/C12H14N4O6S/c1-21-11(20)8-6(18)5(17)7(19)12(22-8)23-10-4-9(14-2-13-4)15-3-16-10/h2-3,5-8,12,17-19H,1H3,(H,13,14,15,16). The molecule has 0 spiro atoms. The average molecular weight is 342 g/mol. The van der Waals surface area contributed by atoms with Crippen LogP contribution < -0.4 is 0 Å². The van der Waals surface area contributed by atoms with Crippen LogP contribution in [0.5, 0.6) is 0 Å². The van der Waals surface area contributed by atoms with Gasteiger partial charge in [0.1, 0.15) is 40.6 Å². The van der Waals surface area contributed by atoms with Gasteiger partial charge in [-0.15, -0.1) is 0 Å². The van der Waals surface area contributed by atoms with Crippen LogP contribution >= 0.6 is 11.8 Å². The molecule has 0 amide bonds. The van der Waals surface area contributed by atoms with Gasteiger partial charge < -0.3 is 29.8 Å². The molecule has 0 saturated carbocycles. The van der Waals surface area contributed by atoms with Gasteiger partial charge in [0, 0.05) is 0 Å². The van der Waals surface area contributed by atoms with Gasteiger partial charge in [-0.2, -0.15) is 0 Å². The zero-order valence-corrected chi connectivity index (χ0v) is 12.7. The molecule has 4 N–H and O–H groups in total. The summed E-state index contributed by atoms with van der Waals surface area (Å²) in [5.74, 6) is -0.844. The van der Waals surface area contributed by atoms with E-state index in [2.05, 4.69) is 24.7 Å². The first kappa shape index (κ1) is 16.1. The third-order valence-corrected chi connectivity index (χ3v) is 4.57. The summed E-state index contributed by atoms with van der Waals surface area (Å²) >= 11 is 0.971. The van der Waals surface area contributed by atoms with Gasteiger partial charge in [0.25, 0.3) is 0 Å². The molecule has 0 aliphatic carbocycles. The molecule has 124 valence electrons. The molecule has 0 radical (unpaired) electrons. The van der Waals surface area contributed by atoms with Gasteiger partial charge in [0.15, 0.2) is 11.8 Å². The molecular weight excluding hydrogens is 328 g/mol. The van der Waals surface area contributed by atoms with Crippen LogP contribution in [0.15, 0.2) is 17.7 Å². The second-order valence-electron chi connectivity index (χ2n) is 4.82. The van der Waals surface area contributed by atoms with E-state index in [9.17, 15) is 20.1 Å². The number of nitrogens with one attached hydrogen (secondary N) is 1. The molecular formula is C12H14N4O6S. The van der Waals surface area contributed by atoms with Crippen LogP contribution in [0.25, 0.3) is 11.2 Å². The minimum atomic E-state index is -1.59. The van der Waals surface area contributed by atoms with E-state index in [4.69, 9.17) is 4.74 Å². The number of aliphatic hydroxyl groups excluding tert-OH is 3. The summed E-state index contributed by atoms with van der Waals surface area (Å²) in [4.78, 5) is 26.5. The zero-order chi connectivity index (χ0) is 16.6. The van der Waals surface area contributed by atoms with Gasteiger partial charge in [-0.3, -0.25) is 0 Å². The van der Waals surface area contributed by atoms with Crippen LogP contribution in [0, 0.1) is 0 Å². The first-order valence-electron chi connectivity index (χ1n) is 6.61. The van der Waals surface area contributed by atoms with Crippen LogP contribution in [-0.2, 0) is 14.3 Å². The Hall–Kier alpha value is -1.79. The van der Waals surface area contributed by atoms with Crippen LogP contribution in [0.2, 0.25) is 0 Å². The molecule has 2 aromatic rings. The van der Waals surface area contributed by atoms with E-state index < -0.39 is 35.8 Å². The quantitative estimate of drug-likeness (QED) is 0.380. The maximum Gasteiger partial charge on any atom is 0.337 e. The SMILES string of the molecule is COC(=O)C1OC(Sc2ncnc3nc[nH]c23)C(O)C(O)C1O. The number of esters is 1. The Morgan fingerprint density at radius 1 is 1.26 bits per heavy atom. The molecule has 3 rings (SSSR count). The number of aromatic amines is 1. The van der Waals surface area contributed by atoms with Crippen LogP contribution in [0.3, 0.4) is 0 Å². The summed E-state index contributed by atoms with van der Waals surface area (Å²) in [7, 11) is 1.14. The van der Waals surface area contributed by atoms with Gasteiger partial charge in [-0.1, -0.05) is 11.8 Å². The third kappa shape index (κ3) is 2.88. The van der Waals surface area contributed by atoms with Crippen molar-refractivity contribution < 1.29 is 29.6 Å². The summed E-state index contributed by atoms with van der Waals surface area (Å²) in [6.07, 6.45) is -3.25. The van der Waals surface area contributed by atoms with Crippen molar-refractivity contribution in [3.05, 3.63) is 12.7 Å². The molecule has 10 nitrogen and oxygen atoms in total. The molecule has 23 heavy (non-hydrogen) atoms. The summed E-state index contributed by atoms with van der Waals surface area (Å²) in [5.41, 5.74) is -0.0830. The Morgan fingerprint density at radius 3 is 2.78 bits per heavy atom. The van der Waals surface area contributed by atoms with Crippen molar-refractivity contribution in [2.24, 2.45) is 0 Å². The number of methoxy groups -OCH3 is 1. The van der Waals surface area contributed by atoms with Crippen molar-refractivity contribution in [2.75, 3.05) is 7.11 Å². The fourth-order valence-electron chi connectivity index (χ4n) is 2.20. The fourth-order valence-corrected chi connectivity index (χ4v) is 3.27. The van der Waals surface area contributed by atoms with Gasteiger partial charge in [-0.05, 0) is 0 Å². The van der Waals surface area contributed by atoms with E-state index >= 15 is 0 Å². The second-order valence-corrected chi connectivity index (χ2v) is 5.90. The predicted molar refractivity (Wildman–Crippen MR) is 76.2 cm³/mol. The second kappa shape index (κ2) is 6.37. The molecule has 0 aromatic carbocycles. The highest BCUT2D eigenvalue weighted by molar-refractivity contribution is 8.00. The maximum absolute atomic E-state index is 11.6. The lowest BCUT2D eigenvalue weighted by atomic mass is 10.00. The molecule has 3 heterocycles. The lowest BCUT2D eigenvalue weighted by molar-refractivity contribution is -0.211. The van der Waals surface area contributed by atoms with Crippen LogP contribution in [0.4, 0.5) is 0 Å². The molecule has 0 bridgehead atoms. The summed E-state index contributed by atoms with van der Waals surface area (Å²) in [5, 5.41) is 30.3. The highest BCUT2D eigenvalue weighted by atomic mass is 32.2. The van der Waals surface area contributed by atoms with Crippen molar-refractivity contribution >= 4 is 28.9 Å². The largest absolute Gasteiger partial charge is 0.467 e. The normalized spacial score (nSPS) is 31.2. The Balaban J connectivity index is 1.86. The maximum atomic E-state index is 11.6. The van der Waals surface area contributed by atoms with E-state index in [0.29, 0.717) is 16.2 Å². The number of imidazole rings is 1. The third-order valence-electron chi connectivity index (χ3n) is 3.42. The first-order chi connectivity index (χ1) is 11.0. The highest BCUT2D eigenvalue weighted by Crippen LogP contribution is 2.34. The minimum absolute atomic E-state index is 0.420. The number of aromatic nitrogens is 4. The number of fused-ring (bicyclic) bond motifs is 1. The number of rotatable bonds is 3. The number of hydrogen-bond donors (Lipinski definition) is 4. The van der Waals surface area contributed by atoms with Crippen molar-refractivity contribution in [3.8, 4) is 0 Å². The summed E-state index contributed by atoms with van der Waals surface area (Å²) < 4.78 is 9.93. The topological polar surface area (TPSA) is 151 Å². The van der Waals surface area contributed by atoms with Crippen LogP contribution in [0.1, 0.15) is 0 Å². The minimum Gasteiger partial charge on any atom is -0.467 e. The number of H-pyrrole nitrogens is 1. The van der Waals surface area contributed by atoms with Gasteiger partial charge in [-0.25, -0.2) is 19.7 Å². The molecule has 1 fully saturated rings. The Morgan fingerprint density at radius 2 is 2.04 bits per heavy atom. The number of ether oxygens (including phenoxy) is 2. The Bertz CT molecular complexity index is 712. The number of carbonyl (C=O) groups excluding carboxylic acids is 1. The average Bonchev–Trinajstić information content (AvgIpc) is 3.04. The molecule has 2 aromatic heterocycles. The molecule has 11 heteroatoms. The zero-order valence-electron chi connectivity index (χ0n) is 11.9. The van der Waals surface area contributed by atoms with Gasteiger partial charge in [0.2, 0.25) is 0 Å². The Labute approximate surface area is 133 Å². The number of nitrogens with zero attached hydrogens (tertiary/aromatic N) is 3. The predicted octanol–water partition coefficient (Wildman–Crippen LogP) is -1.57. The molecule has 1 aliphatic rings. The van der Waals surface area contributed by atoms with E-state index in [0.717, 1.165) is 18.9 Å². The number of carbonyl (C=O) groups is 1. The molecule has 1 saturated heterocycles. The Kier molecular flexibility index (Phi) is 4.46. The van der Waals surface area contributed by atoms with E-state index in [1.807, 2.05) is 0 Å². The van der Waals surface area contributed by atoms with E-state index in [1.165, 1.54) is 12.7 Å². The van der Waals surface area contributed by atoms with Gasteiger partial charge >= 0.3 is 5.97 Å². The van der Waals surface area contributed by atoms with E-state index in [-0.39, 0.29) is 0 Å². The highest BCUT2D eigenvalue weighted by Gasteiger charge is 2.47. The fraction of sp³-hybridized carbons (Fsp3) is 0.500. The molecule has 5 unspecified atom stereocenters. The first-order valence-corrected chi connectivity index (χ1v) is 7.49. The monoisotopic (exact) mass is 342 g/mol. The number of aliphatic hydroxyl groups is 3. The van der Waals surface area contributed by atoms with Gasteiger partial charge in [0.05, 0.1) is 13.4 Å². The smallest absolute Gasteiger partial charge is 0.337 e. The summed E-state index contributed by atoms with van der Waals surface area (Å²) in [6, 6.07) is 0. The van der Waals surface area contributed by atoms with Crippen molar-refractivity contribution in [2.45, 2.75) is 34.9 Å². The lowest BCUT2D eigenvalue weighted by Crippen LogP contribution is -2.59. The molecule has 5 atom stereocenters. The number of hydrogen-bond acceptors (Lipinski definition) is 10. The van der Waals surface area contributed by atoms with E-state index in [1.54, 1.807) is 0 Å². The van der Waals surface area contributed by atoms with Crippen molar-refractivity contribution in [1.82, 2.24) is 19.9 Å². The van der Waals surface area contributed by atoms with Crippen molar-refractivity contribution in [3.63, 3.8) is 0 Å². The lowest BCUT2D eigenvalue weighted by Gasteiger charge is -2.38. The summed E-state index contributed by atoms with van der Waals surface area (Å²) in [6.45, 7) is 0. The molecule has 1 aliphatic heterocycles. The van der Waals surface area contributed by atoms with Crippen molar-refractivity contribution in [1.29, 1.82) is 0 Å².